The van der Waals surface area contributed by atoms with Gasteiger partial charge in [-0.1, -0.05) is 0 Å². The molecule has 0 fully saturated rings. The summed E-state index contributed by atoms with van der Waals surface area (Å²) in [6.07, 6.45) is 0. The van der Waals surface area contributed by atoms with Crippen LogP contribution in [-0.4, -0.2) is 11.0 Å². The molecule has 0 aliphatic rings. The van der Waals surface area contributed by atoms with Gasteiger partial charge in [-0.15, -0.1) is 0 Å². The van der Waals surface area contributed by atoms with Crippen LogP contribution in [0.1, 0.15) is 0 Å². The molecule has 0 radical (unpaired) electrons. The molecule has 0 aliphatic heterocycles. The van der Waals surface area contributed by atoms with E-state index in [0.29, 0.717) is 0 Å². The molecule has 0 aromatic rings. The largest absolute Gasteiger partial charge is 0.412 e. The first kappa shape index (κ1) is 48.9. The van der Waals surface area contributed by atoms with Crippen LogP contribution in [0.4, 0.5) is 0 Å². The number of hydrogen-bond donors (Lipinski definition) is 0. The van der Waals surface area contributed by atoms with Crippen molar-refractivity contribution in [2.75, 3.05) is 0 Å². The maximum Gasteiger partial charge on any atom is 0 e. The second kappa shape index (κ2) is 24.3. The number of rotatable bonds is 0. The first-order valence-corrected chi connectivity index (χ1v) is 0. The zero-order valence-corrected chi connectivity index (χ0v) is 6.02. The third-order valence-electron chi connectivity index (χ3n) is 0. The maximum atomic E-state index is 0. The van der Waals surface area contributed by atoms with Crippen LogP contribution in [0.2, 0.25) is 0 Å². The molecule has 24 valence electrons. The molecule has 0 bridgehead atoms. The van der Waals surface area contributed by atoms with Gasteiger partial charge in [0.25, 0.3) is 0 Å². The van der Waals surface area contributed by atoms with Crippen LogP contribution in [0.3, 0.4) is 0 Å². The molecule has 2 nitrogen and oxygen atoms in total. The summed E-state index contributed by atoms with van der Waals surface area (Å²) >= 11 is 0. The van der Waals surface area contributed by atoms with Gasteiger partial charge >= 0.3 is 0 Å². The van der Waals surface area contributed by atoms with Crippen LogP contribution in [0, 0.1) is 0 Å². The average Bonchev–Trinajstić information content (AvgIpc) is 0. The van der Waals surface area contributed by atoms with Crippen LogP contribution in [-0.2, 0) is 47.9 Å². The van der Waals surface area contributed by atoms with Gasteiger partial charge in [0.2, 0.25) is 0 Å². The van der Waals surface area contributed by atoms with E-state index in [1.807, 2.05) is 0 Å². The first-order chi connectivity index (χ1) is 0. The Bertz CT molecular complexity index is 6.00. The molecular formula is H4O2TiZr. The summed E-state index contributed by atoms with van der Waals surface area (Å²) in [6.45, 7) is 0. The fourth-order valence-corrected chi connectivity index (χ4v) is 0. The molecule has 4 N–H and O–H groups in total. The van der Waals surface area contributed by atoms with E-state index in [9.17, 15) is 0 Å². The monoisotopic (exact) mass is 174 g/mol. The molecule has 0 aliphatic carbocycles. The molecule has 0 saturated carbocycles. The van der Waals surface area contributed by atoms with Crippen LogP contribution in [0.15, 0.2) is 0 Å². The third-order valence-corrected chi connectivity index (χ3v) is 0. The van der Waals surface area contributed by atoms with Crippen LogP contribution < -0.4 is 0 Å². The van der Waals surface area contributed by atoms with Gasteiger partial charge < -0.3 is 11.0 Å². The molecule has 0 saturated heterocycles. The second-order valence-corrected chi connectivity index (χ2v) is 0. The van der Waals surface area contributed by atoms with Gasteiger partial charge in [-0.05, 0) is 0 Å². The molecule has 4 heavy (non-hydrogen) atoms. The van der Waals surface area contributed by atoms with Gasteiger partial charge in [-0.2, -0.15) is 0 Å². The van der Waals surface area contributed by atoms with Crippen LogP contribution in [0.25, 0.3) is 0 Å². The summed E-state index contributed by atoms with van der Waals surface area (Å²) in [5.41, 5.74) is 0. The molecule has 0 unspecified atom stereocenters. The minimum atomic E-state index is 0. The minimum Gasteiger partial charge on any atom is -0.412 e. The molecule has 0 aromatic heterocycles. The number of hydrogen-bond acceptors (Lipinski definition) is 0. The summed E-state index contributed by atoms with van der Waals surface area (Å²) in [7, 11) is 0. The van der Waals surface area contributed by atoms with Gasteiger partial charge in [0.1, 0.15) is 0 Å². The summed E-state index contributed by atoms with van der Waals surface area (Å²) < 4.78 is 0. The van der Waals surface area contributed by atoms with E-state index in [1.54, 1.807) is 0 Å². The van der Waals surface area contributed by atoms with Gasteiger partial charge in [-0.3, -0.25) is 0 Å². The standard InChI is InChI=1S/2H2O.Ti.Zr/h2*1H2;;. The quantitative estimate of drug-likeness (QED) is 0.396. The van der Waals surface area contributed by atoms with Gasteiger partial charge in [0.15, 0.2) is 0 Å². The maximum absolute atomic E-state index is 0. The van der Waals surface area contributed by atoms with Gasteiger partial charge in [0.05, 0.1) is 0 Å². The Morgan fingerprint density at radius 2 is 0.750 bits per heavy atom. The van der Waals surface area contributed by atoms with Crippen molar-refractivity contribution in [3.05, 3.63) is 0 Å². The normalized spacial score (nSPS) is 0. The SMILES string of the molecule is O.O.[Ti].[Zr]. The molecular weight excluding hydrogens is 171 g/mol. The fraction of sp³-hybridized carbons (Fsp3) is 0. The first-order valence-electron chi connectivity index (χ1n) is 0. The fourth-order valence-electron chi connectivity index (χ4n) is 0. The van der Waals surface area contributed by atoms with E-state index in [2.05, 4.69) is 0 Å². The van der Waals surface area contributed by atoms with Gasteiger partial charge in [-0.25, -0.2) is 0 Å². The molecule has 4 heteroatoms. The average molecular weight is 175 g/mol. The van der Waals surface area contributed by atoms with Crippen molar-refractivity contribution in [3.8, 4) is 0 Å². The Labute approximate surface area is 58.6 Å². The molecule has 0 rings (SSSR count). The predicted molar refractivity (Wildman–Crippen MR) is 7.23 cm³/mol. The summed E-state index contributed by atoms with van der Waals surface area (Å²) in [4.78, 5) is 0. The van der Waals surface area contributed by atoms with E-state index < -0.39 is 0 Å². The summed E-state index contributed by atoms with van der Waals surface area (Å²) in [6, 6.07) is 0. The van der Waals surface area contributed by atoms with Crippen molar-refractivity contribution >= 4 is 0 Å². The molecule has 0 heterocycles. The molecule has 0 aromatic carbocycles. The predicted octanol–water partition coefficient (Wildman–Crippen LogP) is -1.65. The van der Waals surface area contributed by atoms with Crippen molar-refractivity contribution in [2.45, 2.75) is 0 Å². The molecule has 0 spiro atoms. The van der Waals surface area contributed by atoms with Crippen molar-refractivity contribution < 1.29 is 58.9 Å². The molecule has 0 atom stereocenters. The van der Waals surface area contributed by atoms with E-state index in [4.69, 9.17) is 0 Å². The third kappa shape index (κ3) is 9.68. The van der Waals surface area contributed by atoms with E-state index in [1.165, 1.54) is 0 Å². The van der Waals surface area contributed by atoms with E-state index in [0.717, 1.165) is 0 Å². The van der Waals surface area contributed by atoms with Gasteiger partial charge in [0, 0.05) is 47.9 Å². The Hall–Kier alpha value is 1.52. The zero-order chi connectivity index (χ0) is 0. The summed E-state index contributed by atoms with van der Waals surface area (Å²) in [5, 5.41) is 0. The van der Waals surface area contributed by atoms with Crippen molar-refractivity contribution in [1.82, 2.24) is 0 Å². The topological polar surface area (TPSA) is 63.0 Å². The summed E-state index contributed by atoms with van der Waals surface area (Å²) in [5.74, 6) is 0. The van der Waals surface area contributed by atoms with E-state index in [-0.39, 0.29) is 58.9 Å². The molecule has 0 amide bonds. The smallest absolute Gasteiger partial charge is 0 e. The van der Waals surface area contributed by atoms with Crippen molar-refractivity contribution in [3.63, 3.8) is 0 Å². The Morgan fingerprint density at radius 1 is 0.750 bits per heavy atom. The van der Waals surface area contributed by atoms with Crippen LogP contribution in [0.5, 0.6) is 0 Å². The minimum absolute atomic E-state index is 0. The van der Waals surface area contributed by atoms with Crippen molar-refractivity contribution in [2.24, 2.45) is 0 Å². The van der Waals surface area contributed by atoms with Crippen molar-refractivity contribution in [1.29, 1.82) is 0 Å². The zero-order valence-electron chi connectivity index (χ0n) is 2.00. The Morgan fingerprint density at radius 3 is 0.750 bits per heavy atom. The Kier molecular flexibility index (Phi) is 297. The van der Waals surface area contributed by atoms with Crippen LogP contribution >= 0.6 is 0 Å². The Balaban J connectivity index is 0. The van der Waals surface area contributed by atoms with E-state index >= 15 is 0 Å². The second-order valence-electron chi connectivity index (χ2n) is 0.